The number of allylic oxidation sites excluding steroid dienone is 3. The molecular weight excluding hydrogens is 404 g/mol. The number of rotatable bonds is 13. The lowest BCUT2D eigenvalue weighted by Crippen LogP contribution is -2.25. The molecule has 0 amide bonds. The van der Waals surface area contributed by atoms with Crippen LogP contribution in [0.2, 0.25) is 0 Å². The van der Waals surface area contributed by atoms with E-state index in [1.165, 1.54) is 0 Å². The molecule has 0 radical (unpaired) electrons. The van der Waals surface area contributed by atoms with Crippen LogP contribution in [0.1, 0.15) is 55.4 Å². The highest BCUT2D eigenvalue weighted by Gasteiger charge is 2.21. The van der Waals surface area contributed by atoms with Crippen molar-refractivity contribution in [2.24, 2.45) is 0 Å². The van der Waals surface area contributed by atoms with Crippen LogP contribution >= 0.6 is 0 Å². The number of aryl methyl sites for hydroxylation is 1. The molecule has 5 heteroatoms. The number of hydrogen-bond donors (Lipinski definition) is 3. The first kappa shape index (κ1) is 25.7. The third-order valence-electron chi connectivity index (χ3n) is 5.60. The Kier molecular flexibility index (Phi) is 10.5. The summed E-state index contributed by atoms with van der Waals surface area (Å²) < 4.78 is 11.5. The summed E-state index contributed by atoms with van der Waals surface area (Å²) in [5.74, 6) is 1.47. The first-order valence-corrected chi connectivity index (χ1v) is 11.2. The highest BCUT2D eigenvalue weighted by Crippen LogP contribution is 2.29. The molecule has 0 aliphatic rings. The summed E-state index contributed by atoms with van der Waals surface area (Å²) in [6.07, 6.45) is 10.6. The fourth-order valence-corrected chi connectivity index (χ4v) is 3.46. The molecule has 2 aromatic rings. The maximum atomic E-state index is 10.9. The quantitative estimate of drug-likeness (QED) is 0.388. The average Bonchev–Trinajstić information content (AvgIpc) is 2.83. The van der Waals surface area contributed by atoms with E-state index < -0.39 is 5.60 Å². The summed E-state index contributed by atoms with van der Waals surface area (Å²) >= 11 is 0. The van der Waals surface area contributed by atoms with Crippen LogP contribution in [-0.4, -0.2) is 28.0 Å². The number of aliphatic hydroxyl groups excluding tert-OH is 2. The largest absolute Gasteiger partial charge is 0.496 e. The molecule has 0 heterocycles. The molecule has 174 valence electrons. The van der Waals surface area contributed by atoms with Crippen LogP contribution < -0.4 is 9.47 Å². The SMILES string of the molecule is CCC=CC=CC(O)(CC)CCc1cc(OCc2ccc(CO)c(CO)c2)ccc1OC. The van der Waals surface area contributed by atoms with Crippen LogP contribution in [-0.2, 0) is 26.2 Å². The molecule has 2 rings (SSSR count). The summed E-state index contributed by atoms with van der Waals surface area (Å²) in [4.78, 5) is 0. The van der Waals surface area contributed by atoms with Gasteiger partial charge in [-0.05, 0) is 72.2 Å². The van der Waals surface area contributed by atoms with Crippen LogP contribution in [0, 0.1) is 0 Å². The van der Waals surface area contributed by atoms with Gasteiger partial charge in [-0.2, -0.15) is 0 Å². The van der Waals surface area contributed by atoms with E-state index in [2.05, 4.69) is 13.0 Å². The fraction of sp³-hybridized carbons (Fsp3) is 0.407. The monoisotopic (exact) mass is 440 g/mol. The second kappa shape index (κ2) is 13.1. The number of ether oxygens (including phenoxy) is 2. The van der Waals surface area contributed by atoms with Gasteiger partial charge < -0.3 is 24.8 Å². The molecule has 1 unspecified atom stereocenters. The van der Waals surface area contributed by atoms with Gasteiger partial charge in [-0.1, -0.05) is 50.3 Å². The van der Waals surface area contributed by atoms with Gasteiger partial charge in [0.1, 0.15) is 18.1 Å². The zero-order valence-corrected chi connectivity index (χ0v) is 19.4. The van der Waals surface area contributed by atoms with Gasteiger partial charge in [-0.25, -0.2) is 0 Å². The number of methoxy groups -OCH3 is 1. The zero-order chi connectivity index (χ0) is 23.4. The summed E-state index contributed by atoms with van der Waals surface area (Å²) in [5.41, 5.74) is 2.42. The maximum absolute atomic E-state index is 10.9. The molecule has 0 bridgehead atoms. The lowest BCUT2D eigenvalue weighted by atomic mass is 9.91. The minimum absolute atomic E-state index is 0.104. The first-order chi connectivity index (χ1) is 15.5. The number of hydrogen-bond acceptors (Lipinski definition) is 5. The van der Waals surface area contributed by atoms with Gasteiger partial charge in [0.2, 0.25) is 0 Å². The van der Waals surface area contributed by atoms with Crippen molar-refractivity contribution in [2.75, 3.05) is 7.11 Å². The van der Waals surface area contributed by atoms with E-state index in [0.29, 0.717) is 42.7 Å². The summed E-state index contributed by atoms with van der Waals surface area (Å²) in [6, 6.07) is 11.2. The van der Waals surface area contributed by atoms with E-state index >= 15 is 0 Å². The van der Waals surface area contributed by atoms with Crippen molar-refractivity contribution < 1.29 is 24.8 Å². The topological polar surface area (TPSA) is 79.2 Å². The smallest absolute Gasteiger partial charge is 0.122 e. The van der Waals surface area contributed by atoms with E-state index in [1.807, 2.05) is 55.5 Å². The Morgan fingerprint density at radius 3 is 2.38 bits per heavy atom. The molecule has 0 saturated carbocycles. The summed E-state index contributed by atoms with van der Waals surface area (Å²) in [6.45, 7) is 4.17. The van der Waals surface area contributed by atoms with Crippen LogP contribution in [0.3, 0.4) is 0 Å². The van der Waals surface area contributed by atoms with E-state index in [9.17, 15) is 15.3 Å². The van der Waals surface area contributed by atoms with E-state index in [-0.39, 0.29) is 13.2 Å². The molecule has 0 spiro atoms. The molecule has 0 aliphatic heterocycles. The van der Waals surface area contributed by atoms with Crippen molar-refractivity contribution in [3.05, 3.63) is 83.0 Å². The molecule has 0 saturated heterocycles. The molecule has 0 aliphatic carbocycles. The van der Waals surface area contributed by atoms with Crippen LogP contribution in [0.25, 0.3) is 0 Å². The van der Waals surface area contributed by atoms with Gasteiger partial charge in [0.15, 0.2) is 0 Å². The average molecular weight is 441 g/mol. The Hall–Kier alpha value is -2.60. The minimum atomic E-state index is -0.880. The lowest BCUT2D eigenvalue weighted by molar-refractivity contribution is 0.0776. The normalized spacial score (nSPS) is 13.6. The second-order valence-electron chi connectivity index (χ2n) is 7.83. The van der Waals surface area contributed by atoms with Crippen molar-refractivity contribution >= 4 is 0 Å². The minimum Gasteiger partial charge on any atom is -0.496 e. The summed E-state index contributed by atoms with van der Waals surface area (Å²) in [7, 11) is 1.64. The molecule has 3 N–H and O–H groups in total. The van der Waals surface area contributed by atoms with Crippen LogP contribution in [0.4, 0.5) is 0 Å². The highest BCUT2D eigenvalue weighted by atomic mass is 16.5. The van der Waals surface area contributed by atoms with Gasteiger partial charge >= 0.3 is 0 Å². The Morgan fingerprint density at radius 2 is 1.72 bits per heavy atom. The van der Waals surface area contributed by atoms with E-state index in [4.69, 9.17) is 9.47 Å². The predicted octanol–water partition coefficient (Wildman–Crippen LogP) is 4.85. The fourth-order valence-electron chi connectivity index (χ4n) is 3.46. The van der Waals surface area contributed by atoms with Crippen molar-refractivity contribution in [3.63, 3.8) is 0 Å². The Labute approximate surface area is 191 Å². The van der Waals surface area contributed by atoms with Crippen LogP contribution in [0.15, 0.2) is 60.7 Å². The molecule has 1 atom stereocenters. The highest BCUT2D eigenvalue weighted by molar-refractivity contribution is 5.41. The van der Waals surface area contributed by atoms with E-state index in [1.54, 1.807) is 13.2 Å². The first-order valence-electron chi connectivity index (χ1n) is 11.2. The van der Waals surface area contributed by atoms with Gasteiger partial charge in [-0.3, -0.25) is 0 Å². The third kappa shape index (κ3) is 7.52. The van der Waals surface area contributed by atoms with Gasteiger partial charge in [0.25, 0.3) is 0 Å². The molecular formula is C27H36O5. The lowest BCUT2D eigenvalue weighted by Gasteiger charge is -2.23. The Bertz CT molecular complexity index is 903. The molecule has 0 aromatic heterocycles. The molecule has 32 heavy (non-hydrogen) atoms. The van der Waals surface area contributed by atoms with Crippen LogP contribution in [0.5, 0.6) is 11.5 Å². The van der Waals surface area contributed by atoms with Crippen molar-refractivity contribution in [1.82, 2.24) is 0 Å². The van der Waals surface area contributed by atoms with Crippen molar-refractivity contribution in [1.29, 1.82) is 0 Å². The summed E-state index contributed by atoms with van der Waals surface area (Å²) in [5, 5.41) is 29.8. The number of aliphatic hydroxyl groups is 3. The Morgan fingerprint density at radius 1 is 0.938 bits per heavy atom. The van der Waals surface area contributed by atoms with Crippen molar-refractivity contribution in [2.45, 2.75) is 65.0 Å². The van der Waals surface area contributed by atoms with Crippen molar-refractivity contribution in [3.8, 4) is 11.5 Å². The van der Waals surface area contributed by atoms with E-state index in [0.717, 1.165) is 23.3 Å². The Balaban J connectivity index is 2.10. The second-order valence-corrected chi connectivity index (χ2v) is 7.83. The molecule has 5 nitrogen and oxygen atoms in total. The van der Waals surface area contributed by atoms with Gasteiger partial charge in [0.05, 0.1) is 25.9 Å². The standard InChI is InChI=1S/C27H36O5/c1-4-6-7-8-14-27(30,5-2)15-13-22-17-25(11-12-26(22)31-3)32-20-21-9-10-23(18-28)24(16-21)19-29/h6-12,14,16-17,28-30H,4-5,13,15,18-20H2,1-3H3. The zero-order valence-electron chi connectivity index (χ0n) is 19.4. The predicted molar refractivity (Wildman–Crippen MR) is 128 cm³/mol. The number of benzene rings is 2. The third-order valence-corrected chi connectivity index (χ3v) is 5.60. The van der Waals surface area contributed by atoms with Gasteiger partial charge in [0, 0.05) is 0 Å². The maximum Gasteiger partial charge on any atom is 0.122 e. The molecule has 0 fully saturated rings. The molecule has 2 aromatic carbocycles. The van der Waals surface area contributed by atoms with Gasteiger partial charge in [-0.15, -0.1) is 0 Å².